The van der Waals surface area contributed by atoms with Crippen LogP contribution < -0.4 is 0 Å². The maximum Gasteiger partial charge on any atom is 0.416 e. The zero-order valence-corrected chi connectivity index (χ0v) is 19.9. The molecular weight excluding hydrogens is 471 g/mol. The van der Waals surface area contributed by atoms with Crippen LogP contribution in [0.3, 0.4) is 0 Å². The smallest absolute Gasteiger partial charge is 0.416 e. The first-order chi connectivity index (χ1) is 16.0. The van der Waals surface area contributed by atoms with Crippen molar-refractivity contribution < 1.29 is 31.1 Å². The topological polar surface area (TPSA) is 81.5 Å². The number of aromatic nitrogens is 2. The standard InChI is InChI=1S/C23H26F3N3O4S/c1-4-29(5-2)34(31,32)17-10-11-20-19(14-17)27-21(28(20)3)12-13-22(30)33-15-16-8-6-7-9-18(16)23(24,25)26/h6-11,14H,4-5,12-13,15H2,1-3H3. The fourth-order valence-corrected chi connectivity index (χ4v) is 5.17. The highest BCUT2D eigenvalue weighted by atomic mass is 32.2. The lowest BCUT2D eigenvalue weighted by Gasteiger charge is -2.18. The van der Waals surface area contributed by atoms with Gasteiger partial charge in [-0.2, -0.15) is 17.5 Å². The lowest BCUT2D eigenvalue weighted by atomic mass is 10.1. The number of hydrogen-bond acceptors (Lipinski definition) is 5. The van der Waals surface area contributed by atoms with Crippen LogP contribution in [0, 0.1) is 0 Å². The Bertz CT molecular complexity index is 1280. The van der Waals surface area contributed by atoms with Crippen molar-refractivity contribution in [1.82, 2.24) is 13.9 Å². The molecule has 11 heteroatoms. The molecule has 0 atom stereocenters. The highest BCUT2D eigenvalue weighted by Crippen LogP contribution is 2.32. The summed E-state index contributed by atoms with van der Waals surface area (Å²) in [6.45, 7) is 3.74. The predicted octanol–water partition coefficient (Wildman–Crippen LogP) is 4.30. The van der Waals surface area contributed by atoms with E-state index in [4.69, 9.17) is 4.74 Å². The molecule has 2 aromatic carbocycles. The first kappa shape index (κ1) is 25.7. The summed E-state index contributed by atoms with van der Waals surface area (Å²) in [7, 11) is -1.90. The van der Waals surface area contributed by atoms with Gasteiger partial charge in [-0.15, -0.1) is 0 Å². The number of rotatable bonds is 9. The molecule has 0 N–H and O–H groups in total. The van der Waals surface area contributed by atoms with Crippen molar-refractivity contribution in [3.63, 3.8) is 0 Å². The number of alkyl halides is 3. The van der Waals surface area contributed by atoms with Gasteiger partial charge in [0.05, 0.1) is 27.9 Å². The van der Waals surface area contributed by atoms with E-state index in [2.05, 4.69) is 4.98 Å². The third kappa shape index (κ3) is 5.41. The number of fused-ring (bicyclic) bond motifs is 1. The fraction of sp³-hybridized carbons (Fsp3) is 0.391. The summed E-state index contributed by atoms with van der Waals surface area (Å²) in [6.07, 6.45) is -4.44. The minimum Gasteiger partial charge on any atom is -0.461 e. The van der Waals surface area contributed by atoms with Crippen LogP contribution in [0.1, 0.15) is 37.2 Å². The lowest BCUT2D eigenvalue weighted by Crippen LogP contribution is -2.30. The van der Waals surface area contributed by atoms with E-state index < -0.39 is 34.3 Å². The minimum absolute atomic E-state index is 0.0874. The molecule has 34 heavy (non-hydrogen) atoms. The molecule has 184 valence electrons. The molecule has 1 heterocycles. The number of sulfonamides is 1. The molecule has 0 bridgehead atoms. The molecule has 0 fully saturated rings. The normalized spacial score (nSPS) is 12.4. The number of esters is 1. The Morgan fingerprint density at radius 1 is 1.12 bits per heavy atom. The molecule has 0 saturated carbocycles. The van der Waals surface area contributed by atoms with Crippen LogP contribution in [-0.4, -0.2) is 41.3 Å². The molecule has 1 aromatic heterocycles. The van der Waals surface area contributed by atoms with Crippen molar-refractivity contribution in [1.29, 1.82) is 0 Å². The number of imidazole rings is 1. The average molecular weight is 498 g/mol. The molecule has 3 aromatic rings. The van der Waals surface area contributed by atoms with Crippen molar-refractivity contribution in [2.75, 3.05) is 13.1 Å². The van der Waals surface area contributed by atoms with Gasteiger partial charge in [0, 0.05) is 32.1 Å². The Labute approximate surface area is 196 Å². The summed E-state index contributed by atoms with van der Waals surface area (Å²) in [5.41, 5.74) is 0.209. The zero-order valence-electron chi connectivity index (χ0n) is 19.1. The van der Waals surface area contributed by atoms with Crippen molar-refractivity contribution >= 4 is 27.0 Å². The second-order valence-corrected chi connectivity index (χ2v) is 9.58. The third-order valence-corrected chi connectivity index (χ3v) is 7.60. The highest BCUT2D eigenvalue weighted by molar-refractivity contribution is 7.89. The second-order valence-electron chi connectivity index (χ2n) is 7.64. The van der Waals surface area contributed by atoms with Crippen molar-refractivity contribution in [2.45, 2.75) is 44.4 Å². The Balaban J connectivity index is 1.70. The number of carbonyl (C=O) groups is 1. The van der Waals surface area contributed by atoms with Gasteiger partial charge in [0.1, 0.15) is 12.4 Å². The molecule has 7 nitrogen and oxygen atoms in total. The molecule has 0 aliphatic rings. The van der Waals surface area contributed by atoms with Crippen LogP contribution in [0.5, 0.6) is 0 Å². The Morgan fingerprint density at radius 2 is 1.79 bits per heavy atom. The van der Waals surface area contributed by atoms with Crippen LogP contribution >= 0.6 is 0 Å². The second kappa shape index (κ2) is 10.1. The van der Waals surface area contributed by atoms with Gasteiger partial charge in [-0.1, -0.05) is 32.0 Å². The van der Waals surface area contributed by atoms with Crippen LogP contribution in [0.15, 0.2) is 47.4 Å². The van der Waals surface area contributed by atoms with E-state index in [1.165, 1.54) is 34.6 Å². The first-order valence-corrected chi connectivity index (χ1v) is 12.2. The van der Waals surface area contributed by atoms with E-state index in [-0.39, 0.29) is 23.3 Å². The number of hydrogen-bond donors (Lipinski definition) is 0. The number of carbonyl (C=O) groups excluding carboxylic acids is 1. The van der Waals surface area contributed by atoms with Gasteiger partial charge < -0.3 is 9.30 Å². The Kier molecular flexibility index (Phi) is 7.67. The van der Waals surface area contributed by atoms with E-state index in [1.54, 1.807) is 31.5 Å². The number of ether oxygens (including phenoxy) is 1. The minimum atomic E-state index is -4.53. The van der Waals surface area contributed by atoms with Crippen molar-refractivity contribution in [3.05, 3.63) is 59.4 Å². The van der Waals surface area contributed by atoms with Gasteiger partial charge in [-0.05, 0) is 24.3 Å². The quantitative estimate of drug-likeness (QED) is 0.412. The summed E-state index contributed by atoms with van der Waals surface area (Å²) in [5, 5.41) is 0. The van der Waals surface area contributed by atoms with Crippen LogP contribution in [-0.2, 0) is 45.8 Å². The van der Waals surface area contributed by atoms with Gasteiger partial charge in [0.25, 0.3) is 0 Å². The van der Waals surface area contributed by atoms with Crippen LogP contribution in [0.25, 0.3) is 11.0 Å². The maximum absolute atomic E-state index is 13.1. The number of halogens is 3. The molecule has 0 aliphatic carbocycles. The van der Waals surface area contributed by atoms with Gasteiger partial charge >= 0.3 is 12.1 Å². The Hall–Kier alpha value is -2.92. The fourth-order valence-electron chi connectivity index (χ4n) is 3.69. The average Bonchev–Trinajstić information content (AvgIpc) is 3.11. The molecule has 0 saturated heterocycles. The van der Waals surface area contributed by atoms with Crippen LogP contribution in [0.4, 0.5) is 13.2 Å². The van der Waals surface area contributed by atoms with Crippen molar-refractivity contribution in [2.24, 2.45) is 7.05 Å². The summed E-state index contributed by atoms with van der Waals surface area (Å²) in [5.74, 6) is -0.131. The van der Waals surface area contributed by atoms with Crippen LogP contribution in [0.2, 0.25) is 0 Å². The molecule has 0 amide bonds. The first-order valence-electron chi connectivity index (χ1n) is 10.7. The molecule has 0 aliphatic heterocycles. The SMILES string of the molecule is CCN(CC)S(=O)(=O)c1ccc2c(c1)nc(CCC(=O)OCc1ccccc1C(F)(F)F)n2C. The number of aryl methyl sites for hydroxylation is 2. The monoisotopic (exact) mass is 497 g/mol. The van der Waals surface area contributed by atoms with E-state index in [1.807, 2.05) is 0 Å². The van der Waals surface area contributed by atoms with E-state index in [9.17, 15) is 26.4 Å². The molecular formula is C23H26F3N3O4S. The molecule has 0 spiro atoms. The van der Waals surface area contributed by atoms with Gasteiger partial charge in [0.15, 0.2) is 0 Å². The number of nitrogens with zero attached hydrogens (tertiary/aromatic N) is 3. The highest BCUT2D eigenvalue weighted by Gasteiger charge is 2.33. The largest absolute Gasteiger partial charge is 0.461 e. The summed E-state index contributed by atoms with van der Waals surface area (Å²) < 4.78 is 73.0. The van der Waals surface area contributed by atoms with Gasteiger partial charge in [-0.3, -0.25) is 4.79 Å². The van der Waals surface area contributed by atoms with E-state index in [0.717, 1.165) is 6.07 Å². The Morgan fingerprint density at radius 3 is 2.44 bits per heavy atom. The van der Waals surface area contributed by atoms with Crippen molar-refractivity contribution in [3.8, 4) is 0 Å². The predicted molar refractivity (Wildman–Crippen MR) is 120 cm³/mol. The summed E-state index contributed by atoms with van der Waals surface area (Å²) in [6, 6.07) is 9.62. The van der Waals surface area contributed by atoms with Gasteiger partial charge in [0.2, 0.25) is 10.0 Å². The van der Waals surface area contributed by atoms with E-state index in [0.29, 0.717) is 29.9 Å². The molecule has 0 unspecified atom stereocenters. The number of benzene rings is 2. The summed E-state index contributed by atoms with van der Waals surface area (Å²) >= 11 is 0. The summed E-state index contributed by atoms with van der Waals surface area (Å²) in [4.78, 5) is 16.8. The van der Waals surface area contributed by atoms with E-state index >= 15 is 0 Å². The maximum atomic E-state index is 13.1. The lowest BCUT2D eigenvalue weighted by molar-refractivity contribution is -0.147. The van der Waals surface area contributed by atoms with Gasteiger partial charge in [-0.25, -0.2) is 13.4 Å². The molecule has 0 radical (unpaired) electrons. The molecule has 3 rings (SSSR count). The third-order valence-electron chi connectivity index (χ3n) is 5.55. The zero-order chi connectivity index (χ0) is 25.1.